The molecule has 0 aromatic heterocycles. The van der Waals surface area contributed by atoms with E-state index in [9.17, 15) is 9.00 Å². The van der Waals surface area contributed by atoms with Crippen molar-refractivity contribution in [2.24, 2.45) is 5.41 Å². The fourth-order valence-electron chi connectivity index (χ4n) is 2.31. The molecule has 1 aromatic rings. The first-order chi connectivity index (χ1) is 8.79. The lowest BCUT2D eigenvalue weighted by molar-refractivity contribution is -0.144. The predicted octanol–water partition coefficient (Wildman–Crippen LogP) is 2.83. The summed E-state index contributed by atoms with van der Waals surface area (Å²) >= 11 is 0. The molecule has 0 radical (unpaired) electrons. The number of ether oxygens (including phenoxy) is 1. The number of carbonyl (C=O) groups excluding carboxylic acids is 1. The van der Waals surface area contributed by atoms with Gasteiger partial charge < -0.3 is 4.74 Å². The van der Waals surface area contributed by atoms with E-state index in [1.807, 2.05) is 52.0 Å². The molecule has 1 aliphatic heterocycles. The lowest BCUT2D eigenvalue weighted by Gasteiger charge is -2.29. The third-order valence-electron chi connectivity index (χ3n) is 3.35. The zero-order valence-corrected chi connectivity index (χ0v) is 12.6. The Morgan fingerprint density at radius 1 is 1.21 bits per heavy atom. The Hall–Kier alpha value is -1.16. The Morgan fingerprint density at radius 2 is 1.79 bits per heavy atom. The normalized spacial score (nSPS) is 25.2. The van der Waals surface area contributed by atoms with E-state index in [0.29, 0.717) is 0 Å². The first-order valence-corrected chi connectivity index (χ1v) is 7.67. The molecule has 2 rings (SSSR count). The van der Waals surface area contributed by atoms with Crippen molar-refractivity contribution in [3.05, 3.63) is 29.8 Å². The van der Waals surface area contributed by atoms with E-state index in [-0.39, 0.29) is 29.2 Å². The molecular weight excluding hydrogens is 260 g/mol. The number of cyclic esters (lactones) is 1. The van der Waals surface area contributed by atoms with E-state index >= 15 is 0 Å². The van der Waals surface area contributed by atoms with Crippen LogP contribution in [0.3, 0.4) is 0 Å². The molecular formula is C15H20O3S. The fourth-order valence-corrected chi connectivity index (χ4v) is 4.04. The van der Waals surface area contributed by atoms with Crippen molar-refractivity contribution in [2.75, 3.05) is 0 Å². The van der Waals surface area contributed by atoms with Crippen LogP contribution in [-0.2, 0) is 20.3 Å². The topological polar surface area (TPSA) is 43.4 Å². The molecule has 19 heavy (non-hydrogen) atoms. The molecule has 1 aromatic carbocycles. The van der Waals surface area contributed by atoms with Crippen LogP contribution in [0.2, 0.25) is 0 Å². The first-order valence-electron chi connectivity index (χ1n) is 6.46. The van der Waals surface area contributed by atoms with Crippen LogP contribution in [0.15, 0.2) is 29.2 Å². The second-order valence-corrected chi connectivity index (χ2v) is 7.80. The van der Waals surface area contributed by atoms with Crippen molar-refractivity contribution in [1.29, 1.82) is 0 Å². The second kappa shape index (κ2) is 5.08. The van der Waals surface area contributed by atoms with Crippen LogP contribution in [0.5, 0.6) is 0 Å². The monoisotopic (exact) mass is 280 g/mol. The summed E-state index contributed by atoms with van der Waals surface area (Å²) in [6.45, 7) is 8.02. The van der Waals surface area contributed by atoms with Crippen LogP contribution in [0.4, 0.5) is 0 Å². The highest BCUT2D eigenvalue weighted by Gasteiger charge is 2.45. The Balaban J connectivity index is 2.27. The minimum atomic E-state index is -1.21. The van der Waals surface area contributed by atoms with Gasteiger partial charge in [0.25, 0.3) is 0 Å². The molecule has 3 atom stereocenters. The quantitative estimate of drug-likeness (QED) is 0.782. The molecule has 1 fully saturated rings. The number of benzene rings is 1. The summed E-state index contributed by atoms with van der Waals surface area (Å²) in [6, 6.07) is 7.62. The van der Waals surface area contributed by atoms with Crippen molar-refractivity contribution in [3.8, 4) is 0 Å². The van der Waals surface area contributed by atoms with Gasteiger partial charge in [-0.1, -0.05) is 38.5 Å². The largest absolute Gasteiger partial charge is 0.460 e. The molecule has 0 amide bonds. The van der Waals surface area contributed by atoms with E-state index in [1.165, 1.54) is 0 Å². The summed E-state index contributed by atoms with van der Waals surface area (Å²) in [6.07, 6.45) is -0.0512. The summed E-state index contributed by atoms with van der Waals surface area (Å²) in [5, 5.41) is -0.254. The fraction of sp³-hybridized carbons (Fsp3) is 0.533. The molecule has 0 N–H and O–H groups in total. The number of hydrogen-bond acceptors (Lipinski definition) is 3. The van der Waals surface area contributed by atoms with Crippen molar-refractivity contribution in [2.45, 2.75) is 50.4 Å². The van der Waals surface area contributed by atoms with Gasteiger partial charge in [0.05, 0.1) is 22.5 Å². The van der Waals surface area contributed by atoms with Gasteiger partial charge in [0.2, 0.25) is 0 Å². The molecule has 0 aliphatic carbocycles. The third kappa shape index (κ3) is 3.06. The standard InChI is InChI=1S/C15H20O3S/c1-10-5-7-11(8-6-10)19(17)12-9-13(16)18-14(12)15(2,3)4/h5-8,12,14H,9H2,1-4H3/t12-,14-,19-/m0/s1. The highest BCUT2D eigenvalue weighted by molar-refractivity contribution is 7.85. The van der Waals surface area contributed by atoms with Crippen molar-refractivity contribution >= 4 is 16.8 Å². The molecule has 3 nitrogen and oxygen atoms in total. The van der Waals surface area contributed by atoms with E-state index in [4.69, 9.17) is 4.74 Å². The smallest absolute Gasteiger partial charge is 0.307 e. The van der Waals surface area contributed by atoms with Gasteiger partial charge in [-0.15, -0.1) is 0 Å². The summed E-state index contributed by atoms with van der Waals surface area (Å²) in [7, 11) is -1.21. The van der Waals surface area contributed by atoms with E-state index < -0.39 is 10.8 Å². The minimum absolute atomic E-state index is 0.197. The molecule has 1 aliphatic rings. The summed E-state index contributed by atoms with van der Waals surface area (Å²) in [4.78, 5) is 12.3. The van der Waals surface area contributed by atoms with Crippen molar-refractivity contribution < 1.29 is 13.7 Å². The van der Waals surface area contributed by atoms with Gasteiger partial charge in [-0.3, -0.25) is 9.00 Å². The number of aryl methyl sites for hydroxylation is 1. The van der Waals surface area contributed by atoms with E-state index in [2.05, 4.69) is 0 Å². The average Bonchev–Trinajstić information content (AvgIpc) is 2.71. The van der Waals surface area contributed by atoms with Gasteiger partial charge in [0, 0.05) is 10.3 Å². The third-order valence-corrected chi connectivity index (χ3v) is 5.05. The lowest BCUT2D eigenvalue weighted by Crippen LogP contribution is -2.37. The highest BCUT2D eigenvalue weighted by Crippen LogP contribution is 2.35. The van der Waals surface area contributed by atoms with Crippen LogP contribution in [0.1, 0.15) is 32.8 Å². The maximum Gasteiger partial charge on any atom is 0.307 e. The van der Waals surface area contributed by atoms with E-state index in [0.717, 1.165) is 10.5 Å². The highest BCUT2D eigenvalue weighted by atomic mass is 32.2. The molecule has 0 unspecified atom stereocenters. The maximum atomic E-state index is 12.6. The SMILES string of the molecule is Cc1ccc([S@](=O)[C@H]2CC(=O)O[C@@H]2C(C)(C)C)cc1. The van der Waals surface area contributed by atoms with Gasteiger partial charge in [0.1, 0.15) is 6.10 Å². The Kier molecular flexibility index (Phi) is 3.81. The summed E-state index contributed by atoms with van der Waals surface area (Å²) < 4.78 is 18.0. The van der Waals surface area contributed by atoms with Crippen LogP contribution in [0, 0.1) is 12.3 Å². The number of rotatable bonds is 2. The van der Waals surface area contributed by atoms with Crippen molar-refractivity contribution in [1.82, 2.24) is 0 Å². The minimum Gasteiger partial charge on any atom is -0.460 e. The maximum absolute atomic E-state index is 12.6. The van der Waals surface area contributed by atoms with Crippen molar-refractivity contribution in [3.63, 3.8) is 0 Å². The molecule has 4 heteroatoms. The molecule has 0 bridgehead atoms. The number of esters is 1. The predicted molar refractivity (Wildman–Crippen MR) is 75.3 cm³/mol. The van der Waals surface area contributed by atoms with Crippen LogP contribution < -0.4 is 0 Å². The summed E-state index contributed by atoms with van der Waals surface area (Å²) in [5.41, 5.74) is 0.934. The Morgan fingerprint density at radius 3 is 2.32 bits per heavy atom. The Bertz CT molecular complexity index is 499. The molecule has 1 saturated heterocycles. The van der Waals surface area contributed by atoms with Gasteiger partial charge in [-0.05, 0) is 19.1 Å². The lowest BCUT2D eigenvalue weighted by atomic mass is 9.87. The molecule has 1 heterocycles. The van der Waals surface area contributed by atoms with Crippen LogP contribution in [0.25, 0.3) is 0 Å². The number of carbonyl (C=O) groups is 1. The zero-order valence-electron chi connectivity index (χ0n) is 11.8. The average molecular weight is 280 g/mol. The number of hydrogen-bond donors (Lipinski definition) is 0. The van der Waals surface area contributed by atoms with E-state index in [1.54, 1.807) is 0 Å². The molecule has 0 spiro atoms. The molecule has 0 saturated carbocycles. The van der Waals surface area contributed by atoms with Crippen LogP contribution >= 0.6 is 0 Å². The van der Waals surface area contributed by atoms with Crippen LogP contribution in [-0.4, -0.2) is 21.5 Å². The zero-order chi connectivity index (χ0) is 14.2. The second-order valence-electron chi connectivity index (χ2n) is 6.13. The van der Waals surface area contributed by atoms with Gasteiger partial charge in [-0.25, -0.2) is 0 Å². The van der Waals surface area contributed by atoms with Gasteiger partial charge >= 0.3 is 5.97 Å². The summed E-state index contributed by atoms with van der Waals surface area (Å²) in [5.74, 6) is -0.245. The van der Waals surface area contributed by atoms with Gasteiger partial charge in [-0.2, -0.15) is 0 Å². The molecule has 104 valence electrons. The Labute approximate surface area is 116 Å². The first kappa shape index (κ1) is 14.3. The van der Waals surface area contributed by atoms with Gasteiger partial charge in [0.15, 0.2) is 0 Å².